The highest BCUT2D eigenvalue weighted by Crippen LogP contribution is 2.19. The Balaban J connectivity index is 1.68. The van der Waals surface area contributed by atoms with Crippen LogP contribution in [-0.2, 0) is 4.79 Å². The first-order chi connectivity index (χ1) is 10.7. The number of nitrogens with zero attached hydrogens (tertiary/aromatic N) is 2. The molecule has 122 valence electrons. The van der Waals surface area contributed by atoms with Gasteiger partial charge in [-0.05, 0) is 32.0 Å². The van der Waals surface area contributed by atoms with E-state index in [9.17, 15) is 4.79 Å². The van der Waals surface area contributed by atoms with Crippen LogP contribution in [0.1, 0.15) is 31.2 Å². The van der Waals surface area contributed by atoms with Crippen molar-refractivity contribution >= 4 is 5.91 Å². The third-order valence-electron chi connectivity index (χ3n) is 4.47. The molecule has 0 aromatic heterocycles. The molecule has 4 heteroatoms. The molecule has 4 nitrogen and oxygen atoms in total. The molecule has 1 N–H and O–H groups in total. The maximum absolute atomic E-state index is 12.3. The fourth-order valence-electron chi connectivity index (χ4n) is 2.97. The molecule has 0 aliphatic carbocycles. The van der Waals surface area contributed by atoms with Crippen molar-refractivity contribution in [2.75, 3.05) is 46.3 Å². The van der Waals surface area contributed by atoms with Gasteiger partial charge >= 0.3 is 0 Å². The van der Waals surface area contributed by atoms with Crippen LogP contribution in [0.2, 0.25) is 0 Å². The molecule has 0 spiro atoms. The molecule has 1 saturated heterocycles. The molecule has 1 atom stereocenters. The number of carbonyl (C=O) groups excluding carboxylic acids is 1. The summed E-state index contributed by atoms with van der Waals surface area (Å²) in [6.45, 7) is 8.51. The van der Waals surface area contributed by atoms with Crippen LogP contribution in [0, 0.1) is 0 Å². The van der Waals surface area contributed by atoms with E-state index in [1.807, 2.05) is 30.3 Å². The summed E-state index contributed by atoms with van der Waals surface area (Å²) in [6.07, 6.45) is 1.87. The molecular formula is C18H29N3O. The molecule has 2 rings (SSSR count). The molecule has 1 heterocycles. The summed E-state index contributed by atoms with van der Waals surface area (Å²) in [5, 5.41) is 3.10. The molecule has 1 aromatic carbocycles. The first kappa shape index (κ1) is 17.0. The number of amides is 1. The van der Waals surface area contributed by atoms with Crippen molar-refractivity contribution in [2.45, 2.75) is 25.7 Å². The van der Waals surface area contributed by atoms with Crippen molar-refractivity contribution in [1.29, 1.82) is 0 Å². The standard InChI is InChI=1S/C18H29N3O/c1-3-17(16-8-5-4-6-9-16)18(22)19-10-7-11-21-14-12-20(2)13-15-21/h4-6,8-9,17H,3,7,10-15H2,1-2H3,(H,19,22). The average molecular weight is 303 g/mol. The normalized spacial score (nSPS) is 18.1. The van der Waals surface area contributed by atoms with Gasteiger partial charge in [0.2, 0.25) is 5.91 Å². The van der Waals surface area contributed by atoms with E-state index >= 15 is 0 Å². The molecule has 1 unspecified atom stereocenters. The second-order valence-corrected chi connectivity index (χ2v) is 6.16. The van der Waals surface area contributed by atoms with Crippen LogP contribution in [-0.4, -0.2) is 62.0 Å². The van der Waals surface area contributed by atoms with E-state index < -0.39 is 0 Å². The molecule has 0 bridgehead atoms. The van der Waals surface area contributed by atoms with Gasteiger partial charge in [-0.25, -0.2) is 0 Å². The third kappa shape index (κ3) is 5.11. The van der Waals surface area contributed by atoms with Crippen LogP contribution in [0.5, 0.6) is 0 Å². The Morgan fingerprint density at radius 1 is 1.18 bits per heavy atom. The molecule has 1 aliphatic heterocycles. The lowest BCUT2D eigenvalue weighted by Gasteiger charge is -2.32. The summed E-state index contributed by atoms with van der Waals surface area (Å²) >= 11 is 0. The maximum Gasteiger partial charge on any atom is 0.227 e. The van der Waals surface area contributed by atoms with Gasteiger partial charge in [0.05, 0.1) is 5.92 Å². The predicted octanol–water partition coefficient (Wildman–Crippen LogP) is 1.93. The lowest BCUT2D eigenvalue weighted by Crippen LogP contribution is -2.45. The lowest BCUT2D eigenvalue weighted by molar-refractivity contribution is -0.122. The summed E-state index contributed by atoms with van der Waals surface area (Å²) in [7, 11) is 2.17. The van der Waals surface area contributed by atoms with E-state index in [1.165, 1.54) is 0 Å². The van der Waals surface area contributed by atoms with Crippen LogP contribution >= 0.6 is 0 Å². The summed E-state index contributed by atoms with van der Waals surface area (Å²) in [6, 6.07) is 10.1. The largest absolute Gasteiger partial charge is 0.356 e. The number of carbonyl (C=O) groups is 1. The van der Waals surface area contributed by atoms with Crippen molar-refractivity contribution in [2.24, 2.45) is 0 Å². The van der Waals surface area contributed by atoms with Gasteiger partial charge in [0.1, 0.15) is 0 Å². The Hall–Kier alpha value is -1.39. The Bertz CT molecular complexity index is 441. The van der Waals surface area contributed by atoms with Crippen LogP contribution in [0.15, 0.2) is 30.3 Å². The van der Waals surface area contributed by atoms with Crippen molar-refractivity contribution in [1.82, 2.24) is 15.1 Å². The highest BCUT2D eigenvalue weighted by atomic mass is 16.1. The number of hydrogen-bond donors (Lipinski definition) is 1. The van der Waals surface area contributed by atoms with Gasteiger partial charge in [-0.2, -0.15) is 0 Å². The molecule has 0 radical (unpaired) electrons. The summed E-state index contributed by atoms with van der Waals surface area (Å²) in [4.78, 5) is 17.2. The third-order valence-corrected chi connectivity index (χ3v) is 4.47. The van der Waals surface area contributed by atoms with E-state index in [1.54, 1.807) is 0 Å². The summed E-state index contributed by atoms with van der Waals surface area (Å²) < 4.78 is 0. The molecular weight excluding hydrogens is 274 g/mol. The van der Waals surface area contributed by atoms with Gasteiger partial charge in [0.15, 0.2) is 0 Å². The number of benzene rings is 1. The fraction of sp³-hybridized carbons (Fsp3) is 0.611. The smallest absolute Gasteiger partial charge is 0.227 e. The van der Waals surface area contributed by atoms with Crippen molar-refractivity contribution in [3.05, 3.63) is 35.9 Å². The van der Waals surface area contributed by atoms with E-state index in [0.717, 1.165) is 57.7 Å². The minimum atomic E-state index is -0.0233. The lowest BCUT2D eigenvalue weighted by atomic mass is 9.96. The molecule has 1 aliphatic rings. The first-order valence-electron chi connectivity index (χ1n) is 8.44. The second kappa shape index (κ2) is 8.91. The molecule has 0 saturated carbocycles. The number of piperazine rings is 1. The van der Waals surface area contributed by atoms with Gasteiger partial charge in [-0.1, -0.05) is 37.3 Å². The Morgan fingerprint density at radius 3 is 2.50 bits per heavy atom. The number of hydrogen-bond acceptors (Lipinski definition) is 3. The summed E-state index contributed by atoms with van der Waals surface area (Å²) in [5.41, 5.74) is 1.11. The topological polar surface area (TPSA) is 35.6 Å². The summed E-state index contributed by atoms with van der Waals surface area (Å²) in [5.74, 6) is 0.136. The van der Waals surface area contributed by atoms with Crippen LogP contribution in [0.25, 0.3) is 0 Å². The Morgan fingerprint density at radius 2 is 1.86 bits per heavy atom. The zero-order valence-corrected chi connectivity index (χ0v) is 13.9. The van der Waals surface area contributed by atoms with E-state index in [0.29, 0.717) is 0 Å². The van der Waals surface area contributed by atoms with E-state index in [4.69, 9.17) is 0 Å². The number of likely N-dealkylation sites (N-methyl/N-ethyl adjacent to an activating group) is 1. The number of rotatable bonds is 7. The fourth-order valence-corrected chi connectivity index (χ4v) is 2.97. The Kier molecular flexibility index (Phi) is 6.87. The molecule has 1 amide bonds. The predicted molar refractivity (Wildman–Crippen MR) is 91.0 cm³/mol. The van der Waals surface area contributed by atoms with Crippen molar-refractivity contribution in [3.63, 3.8) is 0 Å². The quantitative estimate of drug-likeness (QED) is 0.782. The molecule has 22 heavy (non-hydrogen) atoms. The maximum atomic E-state index is 12.3. The monoisotopic (exact) mass is 303 g/mol. The SMILES string of the molecule is CCC(C(=O)NCCCN1CCN(C)CC1)c1ccccc1. The van der Waals surface area contributed by atoms with Gasteiger partial charge in [-0.15, -0.1) is 0 Å². The van der Waals surface area contributed by atoms with Crippen LogP contribution in [0.4, 0.5) is 0 Å². The van der Waals surface area contributed by atoms with Gasteiger partial charge < -0.3 is 15.1 Å². The van der Waals surface area contributed by atoms with Crippen molar-refractivity contribution < 1.29 is 4.79 Å². The van der Waals surface area contributed by atoms with Gasteiger partial charge in [0, 0.05) is 32.7 Å². The Labute approximate surface area is 134 Å². The van der Waals surface area contributed by atoms with Gasteiger partial charge in [-0.3, -0.25) is 4.79 Å². The second-order valence-electron chi connectivity index (χ2n) is 6.16. The zero-order valence-electron chi connectivity index (χ0n) is 13.9. The van der Waals surface area contributed by atoms with Gasteiger partial charge in [0.25, 0.3) is 0 Å². The van der Waals surface area contributed by atoms with E-state index in [-0.39, 0.29) is 11.8 Å². The first-order valence-corrected chi connectivity index (χ1v) is 8.44. The van der Waals surface area contributed by atoms with Crippen LogP contribution < -0.4 is 5.32 Å². The van der Waals surface area contributed by atoms with E-state index in [2.05, 4.69) is 29.1 Å². The minimum absolute atomic E-state index is 0.0233. The highest BCUT2D eigenvalue weighted by Gasteiger charge is 2.18. The highest BCUT2D eigenvalue weighted by molar-refractivity contribution is 5.83. The van der Waals surface area contributed by atoms with Crippen LogP contribution in [0.3, 0.4) is 0 Å². The molecule has 1 fully saturated rings. The number of nitrogens with one attached hydrogen (secondary N) is 1. The molecule has 1 aromatic rings. The van der Waals surface area contributed by atoms with Crippen molar-refractivity contribution in [3.8, 4) is 0 Å². The minimum Gasteiger partial charge on any atom is -0.356 e. The average Bonchev–Trinajstić information content (AvgIpc) is 2.55. The zero-order chi connectivity index (χ0) is 15.8.